The molecule has 33 heavy (non-hydrogen) atoms. The number of hydrogen-bond donors (Lipinski definition) is 0. The summed E-state index contributed by atoms with van der Waals surface area (Å²) in [6, 6.07) is 9.65. The number of hydrogen-bond acceptors (Lipinski definition) is 8. The third-order valence-corrected chi connectivity index (χ3v) is 18.2. The standard InChI is InChI=1S/C20H44O8Si5/c1-21-17(22-2)29-9-13-33(14-10-30-18(23-3)24-4,15-11-31-19(25-5)26-6)16-12-32-20(27-7)28-8/h17-20H,9-16H2,1-8H3. The lowest BCUT2D eigenvalue weighted by Crippen LogP contribution is -2.38. The summed E-state index contributed by atoms with van der Waals surface area (Å²) in [5.74, 6) is -0.421. The van der Waals surface area contributed by atoms with E-state index in [2.05, 4.69) is 0 Å². The van der Waals surface area contributed by atoms with E-state index >= 15 is 0 Å². The molecule has 0 aliphatic carbocycles. The molecule has 0 saturated heterocycles. The Labute approximate surface area is 212 Å². The normalized spacial score (nSPS) is 12.7. The first-order chi connectivity index (χ1) is 16.0. The van der Waals surface area contributed by atoms with Crippen molar-refractivity contribution in [2.45, 2.75) is 72.0 Å². The molecule has 0 fully saturated rings. The van der Waals surface area contributed by atoms with E-state index in [0.29, 0.717) is 38.1 Å². The van der Waals surface area contributed by atoms with E-state index in [1.54, 1.807) is 56.9 Å². The molecule has 0 aliphatic rings. The molecule has 0 aromatic heterocycles. The molecular formula is C20H44O8Si5. The van der Waals surface area contributed by atoms with Crippen LogP contribution in [0, 0.1) is 0 Å². The first kappa shape index (κ1) is 33.8. The van der Waals surface area contributed by atoms with Crippen LogP contribution in [0.2, 0.25) is 48.4 Å². The van der Waals surface area contributed by atoms with Gasteiger partial charge in [-0.3, -0.25) is 0 Å². The Morgan fingerprint density at radius 2 is 0.576 bits per heavy atom. The third-order valence-electron chi connectivity index (χ3n) is 5.58. The molecule has 0 aromatic carbocycles. The highest BCUT2D eigenvalue weighted by molar-refractivity contribution is 6.82. The van der Waals surface area contributed by atoms with E-state index in [0.717, 1.165) is 24.2 Å². The minimum atomic E-state index is -1.58. The van der Waals surface area contributed by atoms with E-state index in [-0.39, 0.29) is 23.7 Å². The highest BCUT2D eigenvalue weighted by Gasteiger charge is 2.33. The summed E-state index contributed by atoms with van der Waals surface area (Å²) in [6.45, 7) is 0. The molecule has 0 N–H and O–H groups in total. The quantitative estimate of drug-likeness (QED) is 0.133. The number of rotatable bonds is 24. The highest BCUT2D eigenvalue weighted by atomic mass is 28.3. The molecule has 0 aromatic rings. The van der Waals surface area contributed by atoms with Gasteiger partial charge in [0.15, 0.2) is 0 Å². The molecule has 8 nitrogen and oxygen atoms in total. The Balaban J connectivity index is 5.33. The second-order valence-electron chi connectivity index (χ2n) is 7.53. The van der Waals surface area contributed by atoms with Gasteiger partial charge in [0, 0.05) is 56.9 Å². The van der Waals surface area contributed by atoms with E-state index in [1.165, 1.54) is 24.2 Å². The van der Waals surface area contributed by atoms with Gasteiger partial charge in [-0.1, -0.05) is 48.4 Å². The van der Waals surface area contributed by atoms with Crippen molar-refractivity contribution in [1.29, 1.82) is 0 Å². The predicted molar refractivity (Wildman–Crippen MR) is 138 cm³/mol. The molecule has 0 saturated carbocycles. The fourth-order valence-electron chi connectivity index (χ4n) is 3.62. The van der Waals surface area contributed by atoms with Crippen molar-refractivity contribution in [3.05, 3.63) is 0 Å². The molecule has 0 spiro atoms. The molecular weight excluding hydrogens is 509 g/mol. The van der Waals surface area contributed by atoms with Gasteiger partial charge in [-0.25, -0.2) is 0 Å². The Morgan fingerprint density at radius 3 is 0.727 bits per heavy atom. The van der Waals surface area contributed by atoms with Crippen molar-refractivity contribution < 1.29 is 37.9 Å². The van der Waals surface area contributed by atoms with Crippen molar-refractivity contribution >= 4 is 46.2 Å². The first-order valence-corrected chi connectivity index (χ1v) is 19.1. The monoisotopic (exact) mass is 552 g/mol. The summed E-state index contributed by atoms with van der Waals surface area (Å²) >= 11 is 0. The molecule has 13 heteroatoms. The van der Waals surface area contributed by atoms with Gasteiger partial charge in [-0.05, 0) is 0 Å². The zero-order valence-corrected chi connectivity index (χ0v) is 26.7. The van der Waals surface area contributed by atoms with E-state index < -0.39 is 8.07 Å². The highest BCUT2D eigenvalue weighted by Crippen LogP contribution is 2.33. The average Bonchev–Trinajstić information content (AvgIpc) is 2.85. The van der Waals surface area contributed by atoms with Gasteiger partial charge < -0.3 is 37.9 Å². The maximum Gasteiger partial charge on any atom is 0.136 e. The maximum atomic E-state index is 5.45. The van der Waals surface area contributed by atoms with Crippen LogP contribution in [-0.2, 0) is 37.9 Å². The number of ether oxygens (including phenoxy) is 8. The minimum absolute atomic E-state index is 0.105. The fourth-order valence-corrected chi connectivity index (χ4v) is 18.2. The molecule has 0 rings (SSSR count). The van der Waals surface area contributed by atoms with Crippen LogP contribution in [0.25, 0.3) is 0 Å². The lowest BCUT2D eigenvalue weighted by atomic mass is 10.9. The Morgan fingerprint density at radius 1 is 0.394 bits per heavy atom. The lowest BCUT2D eigenvalue weighted by Gasteiger charge is -2.34. The van der Waals surface area contributed by atoms with Crippen molar-refractivity contribution in [2.24, 2.45) is 0 Å². The van der Waals surface area contributed by atoms with E-state index in [9.17, 15) is 0 Å². The van der Waals surface area contributed by atoms with Gasteiger partial charge in [0.05, 0.1) is 8.07 Å². The maximum absolute atomic E-state index is 5.45. The fraction of sp³-hybridized carbons (Fsp3) is 1.00. The summed E-state index contributed by atoms with van der Waals surface area (Å²) in [5, 5.41) is 0. The van der Waals surface area contributed by atoms with Gasteiger partial charge in [-0.15, -0.1) is 0 Å². The second-order valence-corrected chi connectivity index (χ2v) is 18.0. The molecule has 8 radical (unpaired) electrons. The average molecular weight is 553 g/mol. The van der Waals surface area contributed by atoms with Crippen molar-refractivity contribution in [3.8, 4) is 0 Å². The first-order valence-electron chi connectivity index (χ1n) is 11.1. The lowest BCUT2D eigenvalue weighted by molar-refractivity contribution is -0.0441. The third kappa shape index (κ3) is 15.5. The van der Waals surface area contributed by atoms with Gasteiger partial charge in [0.2, 0.25) is 0 Å². The van der Waals surface area contributed by atoms with Gasteiger partial charge in [-0.2, -0.15) is 0 Å². The minimum Gasteiger partial charge on any atom is -0.360 e. The molecule has 0 unspecified atom stereocenters. The molecule has 0 bridgehead atoms. The second kappa shape index (κ2) is 22.0. The van der Waals surface area contributed by atoms with Crippen LogP contribution >= 0.6 is 0 Å². The van der Waals surface area contributed by atoms with Crippen LogP contribution in [0.3, 0.4) is 0 Å². The van der Waals surface area contributed by atoms with Crippen LogP contribution in [0.15, 0.2) is 0 Å². The van der Waals surface area contributed by atoms with Crippen molar-refractivity contribution in [3.63, 3.8) is 0 Å². The van der Waals surface area contributed by atoms with E-state index in [1.807, 2.05) is 0 Å². The van der Waals surface area contributed by atoms with Gasteiger partial charge >= 0.3 is 0 Å². The van der Waals surface area contributed by atoms with Crippen molar-refractivity contribution in [2.75, 3.05) is 56.9 Å². The summed E-state index contributed by atoms with van der Waals surface area (Å²) in [5.41, 5.74) is 0. The Kier molecular flexibility index (Phi) is 22.5. The summed E-state index contributed by atoms with van der Waals surface area (Å²) in [4.78, 5) is 0. The van der Waals surface area contributed by atoms with Crippen LogP contribution in [0.4, 0.5) is 0 Å². The summed E-state index contributed by atoms with van der Waals surface area (Å²) in [6.07, 6.45) is 0. The largest absolute Gasteiger partial charge is 0.360 e. The van der Waals surface area contributed by atoms with Crippen molar-refractivity contribution in [1.82, 2.24) is 0 Å². The Bertz CT molecular complexity index is 348. The van der Waals surface area contributed by atoms with Crippen LogP contribution in [-0.4, -0.2) is 127 Å². The molecule has 192 valence electrons. The molecule has 0 aliphatic heterocycles. The molecule has 0 heterocycles. The Hall–Kier alpha value is 0.764. The summed E-state index contributed by atoms with van der Waals surface area (Å²) in [7, 11) is 14.8. The topological polar surface area (TPSA) is 73.8 Å². The van der Waals surface area contributed by atoms with Crippen LogP contribution < -0.4 is 0 Å². The molecule has 0 amide bonds. The van der Waals surface area contributed by atoms with Gasteiger partial charge in [0.25, 0.3) is 0 Å². The zero-order chi connectivity index (χ0) is 25.0. The molecule has 0 atom stereocenters. The predicted octanol–water partition coefficient (Wildman–Crippen LogP) is 2.23. The zero-order valence-electron chi connectivity index (χ0n) is 21.7. The van der Waals surface area contributed by atoms with Crippen LogP contribution in [0.1, 0.15) is 0 Å². The summed E-state index contributed by atoms with van der Waals surface area (Å²) < 4.78 is 43.6. The smallest absolute Gasteiger partial charge is 0.136 e. The van der Waals surface area contributed by atoms with Gasteiger partial charge in [0.1, 0.15) is 61.7 Å². The number of methoxy groups -OCH3 is 8. The van der Waals surface area contributed by atoms with E-state index in [4.69, 9.17) is 37.9 Å². The van der Waals surface area contributed by atoms with Crippen LogP contribution in [0.5, 0.6) is 0 Å². The SMILES string of the molecule is COC(OC)[Si]CC[Si](CC[Si]C(OC)OC)(CC[Si]C(OC)OC)CC[Si]C(OC)OC.